The number of esters is 1. The van der Waals surface area contributed by atoms with E-state index in [0.717, 1.165) is 12.0 Å². The van der Waals surface area contributed by atoms with Crippen LogP contribution in [0.3, 0.4) is 0 Å². The molecule has 0 fully saturated rings. The van der Waals surface area contributed by atoms with Gasteiger partial charge < -0.3 is 9.30 Å². The first-order valence-corrected chi connectivity index (χ1v) is 9.44. The molecule has 5 nitrogen and oxygen atoms in total. The first-order valence-electron chi connectivity index (χ1n) is 8.56. The highest BCUT2D eigenvalue weighted by molar-refractivity contribution is 8.00. The summed E-state index contributed by atoms with van der Waals surface area (Å²) in [6.45, 7) is 2.31. The van der Waals surface area contributed by atoms with E-state index in [1.165, 1.54) is 24.9 Å². The number of carbonyl (C=O) groups is 1. The molecule has 1 heterocycles. The molecule has 0 spiro atoms. The normalized spacial score (nSPS) is 12.0. The summed E-state index contributed by atoms with van der Waals surface area (Å²) < 4.78 is 21.0. The Hall–Kier alpha value is -2.67. The Morgan fingerprint density at radius 3 is 2.56 bits per heavy atom. The molecule has 0 saturated carbocycles. The minimum Gasteiger partial charge on any atom is -0.468 e. The van der Waals surface area contributed by atoms with Gasteiger partial charge in [-0.25, -0.2) is 4.39 Å². The van der Waals surface area contributed by atoms with Gasteiger partial charge in [-0.2, -0.15) is 0 Å². The largest absolute Gasteiger partial charge is 0.468 e. The van der Waals surface area contributed by atoms with Crippen molar-refractivity contribution in [2.45, 2.75) is 30.3 Å². The summed E-state index contributed by atoms with van der Waals surface area (Å²) in [6, 6.07) is 16.5. The maximum Gasteiger partial charge on any atom is 0.318 e. The van der Waals surface area contributed by atoms with Crippen LogP contribution in [0, 0.1) is 5.82 Å². The van der Waals surface area contributed by atoms with E-state index >= 15 is 0 Å². The summed E-state index contributed by atoms with van der Waals surface area (Å²) in [7, 11) is 1.35. The highest BCUT2D eigenvalue weighted by Crippen LogP contribution is 2.28. The van der Waals surface area contributed by atoms with E-state index in [2.05, 4.69) is 10.2 Å². The highest BCUT2D eigenvalue weighted by atomic mass is 32.2. The van der Waals surface area contributed by atoms with Crippen LogP contribution in [0.4, 0.5) is 4.39 Å². The van der Waals surface area contributed by atoms with Crippen LogP contribution in [-0.2, 0) is 22.5 Å². The maximum absolute atomic E-state index is 14.3. The van der Waals surface area contributed by atoms with E-state index in [1.807, 2.05) is 34.9 Å². The number of hydrogen-bond donors (Lipinski definition) is 0. The lowest BCUT2D eigenvalue weighted by molar-refractivity contribution is -0.139. The number of methoxy groups -OCH3 is 1. The van der Waals surface area contributed by atoms with Crippen molar-refractivity contribution >= 4 is 17.7 Å². The summed E-state index contributed by atoms with van der Waals surface area (Å²) in [5, 5.41) is 8.52. The van der Waals surface area contributed by atoms with Crippen molar-refractivity contribution in [3.05, 3.63) is 66.0 Å². The van der Waals surface area contributed by atoms with Crippen molar-refractivity contribution in [1.29, 1.82) is 0 Å². The number of hydrogen-bond acceptors (Lipinski definition) is 5. The third kappa shape index (κ3) is 4.54. The number of carbonyl (C=O) groups excluding carboxylic acids is 1. The zero-order valence-electron chi connectivity index (χ0n) is 15.1. The average Bonchev–Trinajstić information content (AvgIpc) is 3.09. The second-order valence-electron chi connectivity index (χ2n) is 5.96. The van der Waals surface area contributed by atoms with E-state index < -0.39 is 5.25 Å². The molecule has 0 amide bonds. The molecule has 2 aromatic carbocycles. The van der Waals surface area contributed by atoms with Gasteiger partial charge in [0.1, 0.15) is 11.1 Å². The summed E-state index contributed by atoms with van der Waals surface area (Å²) in [6.07, 6.45) is 0.737. The first-order chi connectivity index (χ1) is 13.1. The summed E-state index contributed by atoms with van der Waals surface area (Å²) in [5.41, 5.74) is 1.54. The third-order valence-electron chi connectivity index (χ3n) is 4.11. The van der Waals surface area contributed by atoms with E-state index in [0.29, 0.717) is 23.1 Å². The highest BCUT2D eigenvalue weighted by Gasteiger charge is 2.22. The standard InChI is InChI=1S/C20H20FN3O2S/c1-14(19(25)26-2)27-20-23-22-18(16-10-6-7-11-17(16)21)24(20)13-12-15-8-4-3-5-9-15/h3-11,14H,12-13H2,1-2H3/t14-/m0/s1. The number of nitrogens with zero attached hydrogens (tertiary/aromatic N) is 3. The van der Waals surface area contributed by atoms with Crippen molar-refractivity contribution in [3.63, 3.8) is 0 Å². The van der Waals surface area contributed by atoms with Crippen molar-refractivity contribution in [3.8, 4) is 11.4 Å². The van der Waals surface area contributed by atoms with Crippen LogP contribution in [0.25, 0.3) is 11.4 Å². The molecule has 0 aliphatic carbocycles. The predicted molar refractivity (Wildman–Crippen MR) is 103 cm³/mol. The van der Waals surface area contributed by atoms with Crippen LogP contribution in [0.1, 0.15) is 12.5 Å². The fourth-order valence-electron chi connectivity index (χ4n) is 2.68. The number of thioether (sulfide) groups is 1. The van der Waals surface area contributed by atoms with Gasteiger partial charge in [0, 0.05) is 6.54 Å². The van der Waals surface area contributed by atoms with Gasteiger partial charge in [0.25, 0.3) is 0 Å². The topological polar surface area (TPSA) is 57.0 Å². The van der Waals surface area contributed by atoms with E-state index in [1.54, 1.807) is 25.1 Å². The monoisotopic (exact) mass is 385 g/mol. The predicted octanol–water partition coefficient (Wildman–Crippen LogP) is 3.98. The molecule has 0 saturated heterocycles. The average molecular weight is 385 g/mol. The minimum atomic E-state index is -0.442. The zero-order valence-corrected chi connectivity index (χ0v) is 15.9. The minimum absolute atomic E-state index is 0.343. The molecule has 0 aliphatic heterocycles. The lowest BCUT2D eigenvalue weighted by Gasteiger charge is -2.13. The van der Waals surface area contributed by atoms with E-state index in [4.69, 9.17) is 4.74 Å². The second-order valence-corrected chi connectivity index (χ2v) is 7.26. The molecular formula is C20H20FN3O2S. The van der Waals surface area contributed by atoms with Crippen molar-refractivity contribution < 1.29 is 13.9 Å². The molecule has 1 aromatic heterocycles. The number of halogens is 1. The Morgan fingerprint density at radius 2 is 1.85 bits per heavy atom. The van der Waals surface area contributed by atoms with Crippen LogP contribution >= 0.6 is 11.8 Å². The molecule has 140 valence electrons. The van der Waals surface area contributed by atoms with Gasteiger partial charge in [-0.1, -0.05) is 54.2 Å². The molecule has 0 aliphatic rings. The Kier molecular flexibility index (Phi) is 6.24. The van der Waals surface area contributed by atoms with Gasteiger partial charge in [0.05, 0.1) is 12.7 Å². The fraction of sp³-hybridized carbons (Fsp3) is 0.250. The Labute approximate surface area is 161 Å². The Bertz CT molecular complexity index is 915. The zero-order chi connectivity index (χ0) is 19.2. The van der Waals surface area contributed by atoms with Crippen molar-refractivity contribution in [2.75, 3.05) is 7.11 Å². The summed E-state index contributed by atoms with van der Waals surface area (Å²) >= 11 is 1.25. The molecule has 7 heteroatoms. The summed E-state index contributed by atoms with van der Waals surface area (Å²) in [4.78, 5) is 11.8. The van der Waals surface area contributed by atoms with Crippen molar-refractivity contribution in [2.24, 2.45) is 0 Å². The number of benzene rings is 2. The Balaban J connectivity index is 1.93. The van der Waals surface area contributed by atoms with Crippen LogP contribution in [0.5, 0.6) is 0 Å². The summed E-state index contributed by atoms with van der Waals surface area (Å²) in [5.74, 6) is -0.253. The van der Waals surface area contributed by atoms with Gasteiger partial charge in [-0.05, 0) is 31.0 Å². The molecule has 0 unspecified atom stereocenters. The van der Waals surface area contributed by atoms with Crippen LogP contribution in [0.2, 0.25) is 0 Å². The number of aromatic nitrogens is 3. The fourth-order valence-corrected chi connectivity index (χ4v) is 3.58. The molecule has 1 atom stereocenters. The van der Waals surface area contributed by atoms with Gasteiger partial charge in [0.2, 0.25) is 0 Å². The molecular weight excluding hydrogens is 365 g/mol. The van der Waals surface area contributed by atoms with E-state index in [-0.39, 0.29) is 11.8 Å². The molecule has 3 aromatic rings. The van der Waals surface area contributed by atoms with Crippen LogP contribution in [0.15, 0.2) is 59.8 Å². The molecule has 27 heavy (non-hydrogen) atoms. The number of rotatable bonds is 7. The second kappa shape index (κ2) is 8.81. The van der Waals surface area contributed by atoms with Crippen molar-refractivity contribution in [1.82, 2.24) is 14.8 Å². The lowest BCUT2D eigenvalue weighted by Crippen LogP contribution is -2.16. The van der Waals surface area contributed by atoms with Crippen LogP contribution < -0.4 is 0 Å². The third-order valence-corrected chi connectivity index (χ3v) is 5.17. The van der Waals surface area contributed by atoms with Gasteiger partial charge >= 0.3 is 5.97 Å². The molecule has 0 N–H and O–H groups in total. The smallest absolute Gasteiger partial charge is 0.318 e. The number of ether oxygens (including phenoxy) is 1. The SMILES string of the molecule is COC(=O)[C@H](C)Sc1nnc(-c2ccccc2F)n1CCc1ccccc1. The molecule has 0 bridgehead atoms. The van der Waals surface area contributed by atoms with Gasteiger partial charge in [0.15, 0.2) is 11.0 Å². The maximum atomic E-state index is 14.3. The quantitative estimate of drug-likeness (QED) is 0.455. The number of aryl methyl sites for hydroxylation is 1. The lowest BCUT2D eigenvalue weighted by atomic mass is 10.1. The van der Waals surface area contributed by atoms with Gasteiger partial charge in [-0.3, -0.25) is 4.79 Å². The van der Waals surface area contributed by atoms with Crippen LogP contribution in [-0.4, -0.2) is 33.1 Å². The molecule has 0 radical (unpaired) electrons. The Morgan fingerprint density at radius 1 is 1.15 bits per heavy atom. The first kappa shape index (κ1) is 19.1. The molecule has 3 rings (SSSR count). The van der Waals surface area contributed by atoms with Gasteiger partial charge in [-0.15, -0.1) is 10.2 Å². The van der Waals surface area contributed by atoms with E-state index in [9.17, 15) is 9.18 Å².